The van der Waals surface area contributed by atoms with Gasteiger partial charge in [-0.25, -0.2) is 5.48 Å². The third-order valence-corrected chi connectivity index (χ3v) is 2.82. The number of allylic oxidation sites excluding steroid dienone is 1. The molecule has 20 heavy (non-hydrogen) atoms. The molecule has 1 aromatic carbocycles. The Hall–Kier alpha value is -2.05. The summed E-state index contributed by atoms with van der Waals surface area (Å²) in [4.78, 5) is 10.7. The van der Waals surface area contributed by atoms with Crippen LogP contribution in [0.1, 0.15) is 30.9 Å². The number of aliphatic hydroxyl groups excluding tert-OH is 1. The van der Waals surface area contributed by atoms with E-state index in [4.69, 9.17) is 9.94 Å². The number of hydrogen-bond acceptors (Lipinski definition) is 5. The van der Waals surface area contributed by atoms with Crippen molar-refractivity contribution in [1.29, 1.82) is 0 Å². The van der Waals surface area contributed by atoms with Crippen LogP contribution in [0.5, 0.6) is 11.5 Å². The van der Waals surface area contributed by atoms with Crippen LogP contribution in [0.4, 0.5) is 0 Å². The van der Waals surface area contributed by atoms with E-state index in [-0.39, 0.29) is 5.75 Å². The van der Waals surface area contributed by atoms with Gasteiger partial charge < -0.3 is 14.9 Å². The van der Waals surface area contributed by atoms with Crippen LogP contribution < -0.4 is 10.2 Å². The van der Waals surface area contributed by atoms with E-state index in [1.807, 2.05) is 0 Å². The maximum Gasteiger partial charge on any atom is 0.267 e. The number of aromatic hydroxyl groups is 1. The summed E-state index contributed by atoms with van der Waals surface area (Å²) in [6.07, 6.45) is 3.93. The van der Waals surface area contributed by atoms with Gasteiger partial charge in [-0.05, 0) is 37.0 Å². The van der Waals surface area contributed by atoms with Crippen molar-refractivity contribution < 1.29 is 25.0 Å². The predicted molar refractivity (Wildman–Crippen MR) is 72.5 cm³/mol. The number of unbranched alkanes of at least 4 members (excludes halogenated alkanes) is 1. The Morgan fingerprint density at radius 2 is 2.25 bits per heavy atom. The van der Waals surface area contributed by atoms with Crippen molar-refractivity contribution in [2.75, 3.05) is 7.11 Å². The molecule has 0 unspecified atom stereocenters. The molecule has 1 aromatic rings. The highest BCUT2D eigenvalue weighted by Gasteiger charge is 2.10. The molecule has 0 saturated heterocycles. The number of amides is 1. The first-order valence-corrected chi connectivity index (χ1v) is 6.24. The normalized spacial score (nSPS) is 12.3. The zero-order chi connectivity index (χ0) is 15.0. The molecule has 1 atom stereocenters. The topological polar surface area (TPSA) is 99.0 Å². The van der Waals surface area contributed by atoms with Crippen molar-refractivity contribution in [3.63, 3.8) is 0 Å². The van der Waals surface area contributed by atoms with Gasteiger partial charge >= 0.3 is 0 Å². The molecule has 110 valence electrons. The summed E-state index contributed by atoms with van der Waals surface area (Å²) in [5, 5.41) is 27.9. The first-order valence-electron chi connectivity index (χ1n) is 6.24. The van der Waals surface area contributed by atoms with Gasteiger partial charge in [-0.1, -0.05) is 12.1 Å². The zero-order valence-corrected chi connectivity index (χ0v) is 11.2. The van der Waals surface area contributed by atoms with E-state index in [1.165, 1.54) is 24.7 Å². The molecule has 0 aliphatic carbocycles. The van der Waals surface area contributed by atoms with Gasteiger partial charge in [0.25, 0.3) is 5.91 Å². The highest BCUT2D eigenvalue weighted by atomic mass is 16.5. The highest BCUT2D eigenvalue weighted by molar-refractivity contribution is 5.86. The third-order valence-electron chi connectivity index (χ3n) is 2.82. The molecule has 0 aromatic heterocycles. The zero-order valence-electron chi connectivity index (χ0n) is 11.2. The molecule has 0 spiro atoms. The van der Waals surface area contributed by atoms with Crippen LogP contribution in [0.25, 0.3) is 0 Å². The molecule has 4 N–H and O–H groups in total. The van der Waals surface area contributed by atoms with Crippen LogP contribution in [0, 0.1) is 0 Å². The molecule has 1 rings (SSSR count). The molecule has 0 aliphatic heterocycles. The third kappa shape index (κ3) is 4.91. The summed E-state index contributed by atoms with van der Waals surface area (Å²) >= 11 is 0. The molecule has 0 bridgehead atoms. The van der Waals surface area contributed by atoms with Gasteiger partial charge in [-0.2, -0.15) is 0 Å². The number of ether oxygens (including phenoxy) is 1. The summed E-state index contributed by atoms with van der Waals surface area (Å²) in [6.45, 7) is 0. The van der Waals surface area contributed by atoms with E-state index in [1.54, 1.807) is 18.2 Å². The van der Waals surface area contributed by atoms with E-state index in [0.717, 1.165) is 0 Å². The number of phenols is 1. The van der Waals surface area contributed by atoms with Gasteiger partial charge in [0.15, 0.2) is 11.5 Å². The minimum absolute atomic E-state index is 0.0106. The number of carbonyl (C=O) groups excluding carboxylic acids is 1. The van der Waals surface area contributed by atoms with Crippen molar-refractivity contribution in [1.82, 2.24) is 5.48 Å². The minimum Gasteiger partial charge on any atom is -0.504 e. The summed E-state index contributed by atoms with van der Waals surface area (Å²) in [7, 11) is 1.46. The second kappa shape index (κ2) is 8.19. The molecule has 0 heterocycles. The van der Waals surface area contributed by atoms with Crippen molar-refractivity contribution in [3.8, 4) is 11.5 Å². The lowest BCUT2D eigenvalue weighted by Crippen LogP contribution is -2.14. The lowest BCUT2D eigenvalue weighted by atomic mass is 10.0. The molecule has 6 heteroatoms. The van der Waals surface area contributed by atoms with Gasteiger partial charge in [0.1, 0.15) is 0 Å². The van der Waals surface area contributed by atoms with Crippen LogP contribution in [0.15, 0.2) is 30.4 Å². The fourth-order valence-corrected chi connectivity index (χ4v) is 1.74. The monoisotopic (exact) mass is 281 g/mol. The fraction of sp³-hybridized carbons (Fsp3) is 0.357. The number of hydroxylamine groups is 1. The van der Waals surface area contributed by atoms with Crippen molar-refractivity contribution in [2.24, 2.45) is 0 Å². The first-order chi connectivity index (χ1) is 9.58. The van der Waals surface area contributed by atoms with E-state index < -0.39 is 12.0 Å². The summed E-state index contributed by atoms with van der Waals surface area (Å²) in [5.74, 6) is -0.229. The number of phenolic OH excluding ortho intramolecular Hbond substituents is 1. The fourth-order valence-electron chi connectivity index (χ4n) is 1.74. The van der Waals surface area contributed by atoms with E-state index in [0.29, 0.717) is 30.6 Å². The van der Waals surface area contributed by atoms with Crippen LogP contribution in [0.2, 0.25) is 0 Å². The van der Waals surface area contributed by atoms with E-state index in [9.17, 15) is 15.0 Å². The summed E-state index contributed by atoms with van der Waals surface area (Å²) in [6, 6.07) is 4.76. The number of carbonyl (C=O) groups is 1. The Labute approximate surface area is 117 Å². The van der Waals surface area contributed by atoms with Crippen LogP contribution in [-0.4, -0.2) is 28.4 Å². The van der Waals surface area contributed by atoms with Gasteiger partial charge in [-0.15, -0.1) is 0 Å². The van der Waals surface area contributed by atoms with Gasteiger partial charge in [0.05, 0.1) is 13.2 Å². The molecule has 6 nitrogen and oxygen atoms in total. The maximum absolute atomic E-state index is 10.7. The first kappa shape index (κ1) is 16.0. The Kier molecular flexibility index (Phi) is 6.55. The lowest BCUT2D eigenvalue weighted by molar-refractivity contribution is -0.124. The standard InChI is InChI=1S/C14H19NO5/c1-20-13-8-7-10(9-12(13)17)11(16)5-3-2-4-6-14(18)15-19/h4,6-9,11,16-17,19H,2-3,5H2,1H3,(H,15,18)/b6-4+/t11-/m1/s1. The number of methoxy groups -OCH3 is 1. The quantitative estimate of drug-likeness (QED) is 0.264. The van der Waals surface area contributed by atoms with Gasteiger partial charge in [0, 0.05) is 6.08 Å². The van der Waals surface area contributed by atoms with Gasteiger partial charge in [-0.3, -0.25) is 10.0 Å². The average molecular weight is 281 g/mol. The Balaban J connectivity index is 2.43. The minimum atomic E-state index is -0.688. The largest absolute Gasteiger partial charge is 0.504 e. The van der Waals surface area contributed by atoms with Crippen LogP contribution in [-0.2, 0) is 4.79 Å². The van der Waals surface area contributed by atoms with E-state index in [2.05, 4.69) is 0 Å². The second-order valence-corrected chi connectivity index (χ2v) is 4.26. The number of rotatable bonds is 7. The SMILES string of the molecule is COc1ccc([C@H](O)CCC/C=C/C(=O)NO)cc1O. The number of hydrogen-bond donors (Lipinski definition) is 4. The Morgan fingerprint density at radius 1 is 1.50 bits per heavy atom. The molecule has 0 radical (unpaired) electrons. The highest BCUT2D eigenvalue weighted by Crippen LogP contribution is 2.30. The van der Waals surface area contributed by atoms with Crippen molar-refractivity contribution in [3.05, 3.63) is 35.9 Å². The maximum atomic E-state index is 10.7. The smallest absolute Gasteiger partial charge is 0.267 e. The van der Waals surface area contributed by atoms with Crippen LogP contribution in [0.3, 0.4) is 0 Å². The number of nitrogens with one attached hydrogen (secondary N) is 1. The van der Waals surface area contributed by atoms with Crippen molar-refractivity contribution in [2.45, 2.75) is 25.4 Å². The van der Waals surface area contributed by atoms with E-state index >= 15 is 0 Å². The molecule has 0 saturated carbocycles. The molecule has 0 aliphatic rings. The van der Waals surface area contributed by atoms with Gasteiger partial charge in [0.2, 0.25) is 0 Å². The molecular weight excluding hydrogens is 262 g/mol. The molecular formula is C14H19NO5. The summed E-state index contributed by atoms with van der Waals surface area (Å²) in [5.41, 5.74) is 2.10. The Morgan fingerprint density at radius 3 is 2.85 bits per heavy atom. The number of benzene rings is 1. The number of aliphatic hydroxyl groups is 1. The molecule has 0 fully saturated rings. The van der Waals surface area contributed by atoms with Crippen LogP contribution >= 0.6 is 0 Å². The predicted octanol–water partition coefficient (Wildman–Crippen LogP) is 1.67. The molecule has 1 amide bonds. The lowest BCUT2D eigenvalue weighted by Gasteiger charge is -2.12. The summed E-state index contributed by atoms with van der Waals surface area (Å²) < 4.78 is 4.93. The average Bonchev–Trinajstić information content (AvgIpc) is 2.46. The Bertz CT molecular complexity index is 473. The van der Waals surface area contributed by atoms with Crippen molar-refractivity contribution >= 4 is 5.91 Å². The second-order valence-electron chi connectivity index (χ2n) is 4.26.